The monoisotopic (exact) mass is 557 g/mol. The van der Waals surface area contributed by atoms with Gasteiger partial charge in [0.2, 0.25) is 11.8 Å². The van der Waals surface area contributed by atoms with Crippen molar-refractivity contribution in [3.8, 4) is 22.8 Å². The number of nitrogens with one attached hydrogen (secondary N) is 1. The summed E-state index contributed by atoms with van der Waals surface area (Å²) in [6.45, 7) is 0. The number of nitrogens with zero attached hydrogens (tertiary/aromatic N) is 4. The summed E-state index contributed by atoms with van der Waals surface area (Å²) in [5, 5.41) is 2.91. The molecule has 0 aliphatic rings. The lowest BCUT2D eigenvalue weighted by Crippen LogP contribution is -2.23. The fourth-order valence-corrected chi connectivity index (χ4v) is 4.64. The van der Waals surface area contributed by atoms with Gasteiger partial charge in [-0.15, -0.1) is 0 Å². The normalized spacial score (nSPS) is 11.3. The lowest BCUT2D eigenvalue weighted by molar-refractivity contribution is 0.427. The highest BCUT2D eigenvalue weighted by molar-refractivity contribution is 7.90. The number of rotatable bonds is 8. The number of hydrogen-bond donors (Lipinski definition) is 1. The van der Waals surface area contributed by atoms with Crippen molar-refractivity contribution in [2.24, 2.45) is 7.05 Å². The third-order valence-corrected chi connectivity index (χ3v) is 7.19. The van der Waals surface area contributed by atoms with Crippen LogP contribution in [0.3, 0.4) is 0 Å². The van der Waals surface area contributed by atoms with Gasteiger partial charge >= 0.3 is 0 Å². The summed E-state index contributed by atoms with van der Waals surface area (Å²) >= 11 is 0. The van der Waals surface area contributed by atoms with E-state index in [-0.39, 0.29) is 33.6 Å². The zero-order valence-electron chi connectivity index (χ0n) is 21.6. The van der Waals surface area contributed by atoms with Crippen LogP contribution in [0.5, 0.6) is 11.6 Å². The molecule has 0 spiro atoms. The number of halogens is 1. The van der Waals surface area contributed by atoms with Gasteiger partial charge in [0, 0.05) is 43.9 Å². The van der Waals surface area contributed by atoms with Crippen LogP contribution < -0.4 is 15.6 Å². The van der Waals surface area contributed by atoms with Crippen LogP contribution in [0, 0.1) is 5.82 Å². The molecule has 11 heteroatoms. The van der Waals surface area contributed by atoms with Crippen LogP contribution in [0.4, 0.5) is 16.0 Å². The van der Waals surface area contributed by atoms with Gasteiger partial charge in [0.15, 0.2) is 21.4 Å². The summed E-state index contributed by atoms with van der Waals surface area (Å²) in [4.78, 5) is 26.0. The van der Waals surface area contributed by atoms with E-state index in [2.05, 4.69) is 20.3 Å². The van der Waals surface area contributed by atoms with Crippen molar-refractivity contribution in [1.29, 1.82) is 0 Å². The predicted molar refractivity (Wildman–Crippen MR) is 149 cm³/mol. The molecular weight excluding hydrogens is 533 g/mol. The maximum atomic E-state index is 15.1. The molecule has 2 aromatic heterocycles. The molecule has 1 N–H and O–H groups in total. The molecule has 9 nitrogen and oxygen atoms in total. The molecule has 0 aliphatic heterocycles. The van der Waals surface area contributed by atoms with Crippen molar-refractivity contribution in [3.63, 3.8) is 0 Å². The SMILES string of the molecule is Cn1c(Cc2ccccc2)ncc(-c2ccc(Oc3ccnc(Nc4cccc(S(C)(=O)=O)c4)n3)c(F)c2)c1=O. The molecule has 202 valence electrons. The van der Waals surface area contributed by atoms with Crippen molar-refractivity contribution in [3.05, 3.63) is 119 Å². The topological polar surface area (TPSA) is 116 Å². The molecule has 0 aliphatic carbocycles. The van der Waals surface area contributed by atoms with Gasteiger partial charge in [0.1, 0.15) is 5.82 Å². The molecule has 0 amide bonds. The highest BCUT2D eigenvalue weighted by atomic mass is 32.2. The Morgan fingerprint density at radius 3 is 2.52 bits per heavy atom. The van der Waals surface area contributed by atoms with Crippen LogP contribution in [0.25, 0.3) is 11.1 Å². The van der Waals surface area contributed by atoms with E-state index in [1.807, 2.05) is 30.3 Å². The van der Waals surface area contributed by atoms with Crippen LogP contribution >= 0.6 is 0 Å². The summed E-state index contributed by atoms with van der Waals surface area (Å²) in [5.74, 6) is -0.00644. The van der Waals surface area contributed by atoms with Crippen molar-refractivity contribution >= 4 is 21.5 Å². The molecular formula is C29H24FN5O4S. The minimum absolute atomic E-state index is 0.0614. The first-order chi connectivity index (χ1) is 19.2. The number of aromatic nitrogens is 4. The summed E-state index contributed by atoms with van der Waals surface area (Å²) in [7, 11) is -1.75. The van der Waals surface area contributed by atoms with Crippen molar-refractivity contribution in [2.45, 2.75) is 11.3 Å². The van der Waals surface area contributed by atoms with Gasteiger partial charge in [-0.05, 0) is 41.5 Å². The number of anilines is 2. The molecule has 0 saturated heterocycles. The Hall–Kier alpha value is -4.90. The van der Waals surface area contributed by atoms with Gasteiger partial charge in [-0.25, -0.2) is 22.8 Å². The largest absolute Gasteiger partial charge is 0.436 e. The van der Waals surface area contributed by atoms with E-state index in [1.54, 1.807) is 25.2 Å². The first-order valence-corrected chi connectivity index (χ1v) is 14.0. The minimum atomic E-state index is -3.39. The van der Waals surface area contributed by atoms with E-state index < -0.39 is 15.7 Å². The minimum Gasteiger partial charge on any atom is -0.436 e. The average Bonchev–Trinajstić information content (AvgIpc) is 2.93. The van der Waals surface area contributed by atoms with E-state index in [1.165, 1.54) is 47.3 Å². The van der Waals surface area contributed by atoms with Gasteiger partial charge in [-0.1, -0.05) is 42.5 Å². The summed E-state index contributed by atoms with van der Waals surface area (Å²) in [6.07, 6.45) is 4.49. The quantitative estimate of drug-likeness (QED) is 0.286. The Morgan fingerprint density at radius 2 is 1.77 bits per heavy atom. The van der Waals surface area contributed by atoms with Crippen LogP contribution in [-0.4, -0.2) is 34.2 Å². The van der Waals surface area contributed by atoms with Crippen LogP contribution in [-0.2, 0) is 23.3 Å². The Morgan fingerprint density at radius 1 is 0.975 bits per heavy atom. The molecule has 40 heavy (non-hydrogen) atoms. The lowest BCUT2D eigenvalue weighted by atomic mass is 10.1. The van der Waals surface area contributed by atoms with Crippen molar-refractivity contribution < 1.29 is 17.5 Å². The highest BCUT2D eigenvalue weighted by Crippen LogP contribution is 2.28. The molecule has 3 aromatic carbocycles. The van der Waals surface area contributed by atoms with Gasteiger partial charge in [-0.3, -0.25) is 9.36 Å². The summed E-state index contributed by atoms with van der Waals surface area (Å²) < 4.78 is 45.8. The van der Waals surface area contributed by atoms with E-state index in [0.717, 1.165) is 11.8 Å². The van der Waals surface area contributed by atoms with Gasteiger partial charge < -0.3 is 10.1 Å². The van der Waals surface area contributed by atoms with Crippen LogP contribution in [0.2, 0.25) is 0 Å². The molecule has 0 radical (unpaired) electrons. The lowest BCUT2D eigenvalue weighted by Gasteiger charge is -2.11. The molecule has 0 atom stereocenters. The van der Waals surface area contributed by atoms with Crippen molar-refractivity contribution in [2.75, 3.05) is 11.6 Å². The number of hydrogen-bond acceptors (Lipinski definition) is 8. The predicted octanol–water partition coefficient (Wildman–Crippen LogP) is 4.91. The second-order valence-electron chi connectivity index (χ2n) is 9.01. The van der Waals surface area contributed by atoms with E-state index >= 15 is 4.39 Å². The Labute approximate surface area is 229 Å². The maximum Gasteiger partial charge on any atom is 0.261 e. The van der Waals surface area contributed by atoms with Crippen LogP contribution in [0.1, 0.15) is 11.4 Å². The molecule has 0 fully saturated rings. The number of ether oxygens (including phenoxy) is 1. The number of benzene rings is 3. The van der Waals surface area contributed by atoms with E-state index in [0.29, 0.717) is 23.5 Å². The Balaban J connectivity index is 1.34. The molecule has 5 aromatic rings. The molecule has 0 bridgehead atoms. The third-order valence-electron chi connectivity index (χ3n) is 6.08. The highest BCUT2D eigenvalue weighted by Gasteiger charge is 2.14. The fourth-order valence-electron chi connectivity index (χ4n) is 3.98. The number of sulfone groups is 1. The summed E-state index contributed by atoms with van der Waals surface area (Å²) in [5.41, 5.74) is 1.81. The van der Waals surface area contributed by atoms with Crippen molar-refractivity contribution in [1.82, 2.24) is 19.5 Å². The third kappa shape index (κ3) is 6.05. The molecule has 0 unspecified atom stereocenters. The second kappa shape index (κ2) is 11.1. The zero-order chi connectivity index (χ0) is 28.3. The molecule has 0 saturated carbocycles. The average molecular weight is 558 g/mol. The Bertz CT molecular complexity index is 1860. The van der Waals surface area contributed by atoms with Gasteiger partial charge in [-0.2, -0.15) is 4.98 Å². The smallest absolute Gasteiger partial charge is 0.261 e. The van der Waals surface area contributed by atoms with Crippen LogP contribution in [0.15, 0.2) is 101 Å². The first-order valence-electron chi connectivity index (χ1n) is 12.1. The Kier molecular flexibility index (Phi) is 7.39. The molecule has 2 heterocycles. The standard InChI is InChI=1S/C29H24FN5O4S/c1-35-26(15-19-7-4-3-5-8-19)32-18-23(28(35)36)20-11-12-25(24(30)16-20)39-27-13-14-31-29(34-27)33-21-9-6-10-22(17-21)40(2,37)38/h3-14,16-18H,15H2,1-2H3,(H,31,33,34). The van der Waals surface area contributed by atoms with E-state index in [4.69, 9.17) is 4.74 Å². The first kappa shape index (κ1) is 26.7. The fraction of sp³-hybridized carbons (Fsp3) is 0.103. The zero-order valence-corrected chi connectivity index (χ0v) is 22.4. The molecule has 5 rings (SSSR count). The van der Waals surface area contributed by atoms with Gasteiger partial charge in [0.25, 0.3) is 5.56 Å². The maximum absolute atomic E-state index is 15.1. The van der Waals surface area contributed by atoms with Gasteiger partial charge in [0.05, 0.1) is 10.5 Å². The second-order valence-corrected chi connectivity index (χ2v) is 11.0. The van der Waals surface area contributed by atoms with E-state index in [9.17, 15) is 13.2 Å². The summed E-state index contributed by atoms with van der Waals surface area (Å²) in [6, 6.07) is 21.5.